The Morgan fingerprint density at radius 2 is 2.08 bits per heavy atom. The first-order valence-electron chi connectivity index (χ1n) is 3.92. The van der Waals surface area contributed by atoms with E-state index in [1.54, 1.807) is 19.2 Å². The number of hydrogen-bond donors (Lipinski definition) is 0. The molecule has 1 rings (SSSR count). The smallest absolute Gasteiger partial charge is 0.161 e. The van der Waals surface area contributed by atoms with Gasteiger partial charge in [-0.25, -0.2) is 0 Å². The van der Waals surface area contributed by atoms with Crippen molar-refractivity contribution in [2.24, 2.45) is 0 Å². The third kappa shape index (κ3) is 1.83. The fraction of sp³-hybridized carbons (Fsp3) is 0.300. The van der Waals surface area contributed by atoms with E-state index in [9.17, 15) is 4.79 Å². The molecule has 0 saturated heterocycles. The van der Waals surface area contributed by atoms with Crippen molar-refractivity contribution in [3.63, 3.8) is 0 Å². The lowest BCUT2D eigenvalue weighted by Gasteiger charge is -2.08. The highest BCUT2D eigenvalue weighted by Crippen LogP contribution is 2.28. The van der Waals surface area contributed by atoms with Gasteiger partial charge < -0.3 is 4.74 Å². The Hall–Kier alpha value is -1.02. The van der Waals surface area contributed by atoms with E-state index in [0.29, 0.717) is 16.3 Å². The van der Waals surface area contributed by atoms with E-state index < -0.39 is 0 Å². The number of carbonyl (C=O) groups excluding carboxylic acids is 1. The Labute approximate surface area is 82.5 Å². The van der Waals surface area contributed by atoms with E-state index >= 15 is 0 Å². The van der Waals surface area contributed by atoms with Crippen molar-refractivity contribution >= 4 is 17.4 Å². The molecule has 0 aliphatic carbocycles. The van der Waals surface area contributed by atoms with Crippen LogP contribution in [0.25, 0.3) is 0 Å². The van der Waals surface area contributed by atoms with Gasteiger partial charge in [-0.05, 0) is 26.0 Å². The number of hydrogen-bond acceptors (Lipinski definition) is 2. The van der Waals surface area contributed by atoms with E-state index in [1.807, 2.05) is 6.92 Å². The molecule has 0 bridgehead atoms. The van der Waals surface area contributed by atoms with Crippen molar-refractivity contribution in [3.05, 3.63) is 28.3 Å². The molecule has 0 radical (unpaired) electrons. The maximum Gasteiger partial charge on any atom is 0.161 e. The summed E-state index contributed by atoms with van der Waals surface area (Å²) < 4.78 is 5.06. The van der Waals surface area contributed by atoms with E-state index in [0.717, 1.165) is 5.56 Å². The Balaban J connectivity index is 3.31. The van der Waals surface area contributed by atoms with Crippen LogP contribution in [0.2, 0.25) is 5.02 Å². The largest absolute Gasteiger partial charge is 0.496 e. The SMILES string of the molecule is COc1ccc(C(C)=O)c(Cl)c1C. The van der Waals surface area contributed by atoms with Crippen LogP contribution in [0.5, 0.6) is 5.75 Å². The topological polar surface area (TPSA) is 26.3 Å². The summed E-state index contributed by atoms with van der Waals surface area (Å²) in [6.45, 7) is 3.32. The second kappa shape index (κ2) is 3.79. The van der Waals surface area contributed by atoms with Crippen molar-refractivity contribution < 1.29 is 9.53 Å². The number of ketones is 1. The molecule has 1 aromatic rings. The van der Waals surface area contributed by atoms with E-state index in [-0.39, 0.29) is 5.78 Å². The summed E-state index contributed by atoms with van der Waals surface area (Å²) in [6.07, 6.45) is 0. The van der Waals surface area contributed by atoms with Crippen LogP contribution < -0.4 is 4.74 Å². The highest BCUT2D eigenvalue weighted by atomic mass is 35.5. The summed E-state index contributed by atoms with van der Waals surface area (Å²) in [6, 6.07) is 3.43. The zero-order chi connectivity index (χ0) is 10.0. The highest BCUT2D eigenvalue weighted by molar-refractivity contribution is 6.34. The molecular formula is C10H11ClO2. The molecule has 0 spiro atoms. The van der Waals surface area contributed by atoms with Crippen LogP contribution in [0, 0.1) is 6.92 Å². The molecule has 0 saturated carbocycles. The molecule has 0 heterocycles. The van der Waals surface area contributed by atoms with Crippen molar-refractivity contribution in [1.82, 2.24) is 0 Å². The van der Waals surface area contributed by atoms with Crippen LogP contribution in [-0.2, 0) is 0 Å². The van der Waals surface area contributed by atoms with E-state index in [4.69, 9.17) is 16.3 Å². The average Bonchev–Trinajstić information content (AvgIpc) is 2.09. The quantitative estimate of drug-likeness (QED) is 0.684. The number of methoxy groups -OCH3 is 1. The first kappa shape index (κ1) is 10.1. The van der Waals surface area contributed by atoms with Gasteiger partial charge in [0.25, 0.3) is 0 Å². The van der Waals surface area contributed by atoms with Crippen LogP contribution in [0.4, 0.5) is 0 Å². The van der Waals surface area contributed by atoms with Gasteiger partial charge in [0.15, 0.2) is 5.78 Å². The predicted molar refractivity (Wildman–Crippen MR) is 52.7 cm³/mol. The lowest BCUT2D eigenvalue weighted by Crippen LogP contribution is -1.97. The summed E-state index contributed by atoms with van der Waals surface area (Å²) in [5.41, 5.74) is 1.34. The van der Waals surface area contributed by atoms with Crippen molar-refractivity contribution in [2.45, 2.75) is 13.8 Å². The van der Waals surface area contributed by atoms with Gasteiger partial charge in [-0.3, -0.25) is 4.79 Å². The Morgan fingerprint density at radius 3 is 2.54 bits per heavy atom. The zero-order valence-electron chi connectivity index (χ0n) is 7.85. The molecule has 1 aromatic carbocycles. The summed E-state index contributed by atoms with van der Waals surface area (Å²) in [7, 11) is 1.58. The molecule has 0 unspecified atom stereocenters. The molecule has 70 valence electrons. The van der Waals surface area contributed by atoms with Gasteiger partial charge >= 0.3 is 0 Å². The van der Waals surface area contributed by atoms with Crippen LogP contribution in [-0.4, -0.2) is 12.9 Å². The second-order valence-electron chi connectivity index (χ2n) is 2.81. The molecule has 0 amide bonds. The monoisotopic (exact) mass is 198 g/mol. The molecule has 0 atom stereocenters. The normalized spacial score (nSPS) is 9.85. The second-order valence-corrected chi connectivity index (χ2v) is 3.19. The maximum atomic E-state index is 11.1. The molecule has 13 heavy (non-hydrogen) atoms. The van der Waals surface area contributed by atoms with Gasteiger partial charge in [-0.1, -0.05) is 11.6 Å². The van der Waals surface area contributed by atoms with Crippen molar-refractivity contribution in [3.8, 4) is 5.75 Å². The van der Waals surface area contributed by atoms with Gasteiger partial charge in [0.1, 0.15) is 5.75 Å². The van der Waals surface area contributed by atoms with E-state index in [1.165, 1.54) is 6.92 Å². The van der Waals surface area contributed by atoms with Gasteiger partial charge in [0.05, 0.1) is 12.1 Å². The Morgan fingerprint density at radius 1 is 1.46 bits per heavy atom. The van der Waals surface area contributed by atoms with Gasteiger partial charge in [0.2, 0.25) is 0 Å². The highest BCUT2D eigenvalue weighted by Gasteiger charge is 2.10. The van der Waals surface area contributed by atoms with Gasteiger partial charge in [0, 0.05) is 11.1 Å². The maximum absolute atomic E-state index is 11.1. The Bertz CT molecular complexity index is 345. The molecule has 0 aliphatic rings. The summed E-state index contributed by atoms with van der Waals surface area (Å²) in [4.78, 5) is 11.1. The minimum atomic E-state index is -0.0317. The number of ether oxygens (including phenoxy) is 1. The lowest BCUT2D eigenvalue weighted by molar-refractivity contribution is 0.101. The number of Topliss-reactive ketones (excluding diaryl/α,β-unsaturated/α-hetero) is 1. The van der Waals surface area contributed by atoms with E-state index in [2.05, 4.69) is 0 Å². The molecule has 0 N–H and O–H groups in total. The molecule has 0 fully saturated rings. The summed E-state index contributed by atoms with van der Waals surface area (Å²) >= 11 is 5.97. The first-order valence-corrected chi connectivity index (χ1v) is 4.29. The van der Waals surface area contributed by atoms with Crippen molar-refractivity contribution in [2.75, 3.05) is 7.11 Å². The minimum absolute atomic E-state index is 0.0317. The fourth-order valence-electron chi connectivity index (χ4n) is 1.16. The summed E-state index contributed by atoms with van der Waals surface area (Å²) in [5, 5.41) is 0.479. The van der Waals surface area contributed by atoms with Crippen LogP contribution in [0.15, 0.2) is 12.1 Å². The predicted octanol–water partition coefficient (Wildman–Crippen LogP) is 2.86. The molecular weight excluding hydrogens is 188 g/mol. The number of rotatable bonds is 2. The van der Waals surface area contributed by atoms with Gasteiger partial charge in [-0.15, -0.1) is 0 Å². The zero-order valence-corrected chi connectivity index (χ0v) is 8.61. The number of carbonyl (C=O) groups is 1. The lowest BCUT2D eigenvalue weighted by atomic mass is 10.1. The van der Waals surface area contributed by atoms with Crippen LogP contribution in [0.3, 0.4) is 0 Å². The first-order chi connectivity index (χ1) is 6.07. The molecule has 0 aliphatic heterocycles. The van der Waals surface area contributed by atoms with Crippen molar-refractivity contribution in [1.29, 1.82) is 0 Å². The van der Waals surface area contributed by atoms with Gasteiger partial charge in [-0.2, -0.15) is 0 Å². The fourth-order valence-corrected chi connectivity index (χ4v) is 1.45. The minimum Gasteiger partial charge on any atom is -0.496 e. The average molecular weight is 199 g/mol. The number of benzene rings is 1. The third-order valence-electron chi connectivity index (χ3n) is 1.94. The molecule has 0 aromatic heterocycles. The Kier molecular flexibility index (Phi) is 2.94. The van der Waals surface area contributed by atoms with Crippen LogP contribution in [0.1, 0.15) is 22.8 Å². The standard InChI is InChI=1S/C10H11ClO2/c1-6-9(13-3)5-4-8(7(2)12)10(6)11/h4-5H,1-3H3. The number of halogens is 1. The van der Waals surface area contributed by atoms with Crippen LogP contribution >= 0.6 is 11.6 Å². The molecule has 2 nitrogen and oxygen atoms in total. The summed E-state index contributed by atoms with van der Waals surface area (Å²) in [5.74, 6) is 0.672. The molecule has 3 heteroatoms. The third-order valence-corrected chi connectivity index (χ3v) is 2.42.